The summed E-state index contributed by atoms with van der Waals surface area (Å²) in [5.41, 5.74) is 5.68. The van der Waals surface area contributed by atoms with E-state index in [1.54, 1.807) is 0 Å². The molecule has 8 heteroatoms. The van der Waals surface area contributed by atoms with Crippen LogP contribution < -0.4 is 5.73 Å². The van der Waals surface area contributed by atoms with E-state index in [4.69, 9.17) is 28.9 Å². The molecule has 0 saturated carbocycles. The molecule has 1 aromatic heterocycles. The Morgan fingerprint density at radius 3 is 2.62 bits per heavy atom. The van der Waals surface area contributed by atoms with Gasteiger partial charge in [0.25, 0.3) is 0 Å². The van der Waals surface area contributed by atoms with Gasteiger partial charge in [-0.05, 0) is 12.5 Å². The quantitative estimate of drug-likeness (QED) is 0.905. The molecule has 16 heavy (non-hydrogen) atoms. The molecule has 0 amide bonds. The molecule has 1 aliphatic rings. The zero-order valence-electron chi connectivity index (χ0n) is 8.19. The van der Waals surface area contributed by atoms with Crippen LogP contribution in [0.15, 0.2) is 11.0 Å². The Balaban J connectivity index is 2.36. The average molecular weight is 301 g/mol. The highest BCUT2D eigenvalue weighted by Gasteiger charge is 2.33. The van der Waals surface area contributed by atoms with Crippen LogP contribution in [0.25, 0.3) is 0 Å². The van der Waals surface area contributed by atoms with Gasteiger partial charge in [-0.1, -0.05) is 23.2 Å². The third-order valence-electron chi connectivity index (χ3n) is 2.43. The van der Waals surface area contributed by atoms with Crippen LogP contribution in [-0.4, -0.2) is 31.9 Å². The van der Waals surface area contributed by atoms with Crippen LogP contribution in [0.1, 0.15) is 6.42 Å². The summed E-state index contributed by atoms with van der Waals surface area (Å²) < 4.78 is 26.2. The van der Waals surface area contributed by atoms with Crippen molar-refractivity contribution >= 4 is 44.6 Å². The number of halogens is 2. The summed E-state index contributed by atoms with van der Waals surface area (Å²) in [5, 5.41) is 0. The van der Waals surface area contributed by atoms with Gasteiger partial charge in [-0.3, -0.25) is 0 Å². The zero-order valence-corrected chi connectivity index (χ0v) is 11.3. The fourth-order valence-electron chi connectivity index (χ4n) is 1.61. The van der Waals surface area contributed by atoms with Crippen LogP contribution in [0.4, 0.5) is 0 Å². The van der Waals surface area contributed by atoms with Crippen molar-refractivity contribution in [2.45, 2.75) is 17.4 Å². The molecule has 0 spiro atoms. The van der Waals surface area contributed by atoms with Crippen molar-refractivity contribution in [3.05, 3.63) is 14.7 Å². The third kappa shape index (κ3) is 2.23. The van der Waals surface area contributed by atoms with Gasteiger partial charge < -0.3 is 5.73 Å². The maximum absolute atomic E-state index is 12.1. The van der Waals surface area contributed by atoms with Crippen LogP contribution in [0.2, 0.25) is 8.67 Å². The number of nitrogens with zero attached hydrogens (tertiary/aromatic N) is 1. The lowest BCUT2D eigenvalue weighted by atomic mass is 10.3. The Kier molecular flexibility index (Phi) is 3.49. The summed E-state index contributed by atoms with van der Waals surface area (Å²) in [6.45, 7) is 0.777. The number of rotatable bonds is 2. The predicted molar refractivity (Wildman–Crippen MR) is 65.7 cm³/mol. The van der Waals surface area contributed by atoms with E-state index < -0.39 is 10.0 Å². The van der Waals surface area contributed by atoms with Gasteiger partial charge in [0.1, 0.15) is 9.23 Å². The van der Waals surface area contributed by atoms with Gasteiger partial charge in [0.2, 0.25) is 10.0 Å². The van der Waals surface area contributed by atoms with Gasteiger partial charge in [0.15, 0.2) is 0 Å². The van der Waals surface area contributed by atoms with E-state index in [1.165, 1.54) is 10.4 Å². The summed E-state index contributed by atoms with van der Waals surface area (Å²) in [6, 6.07) is 1.29. The van der Waals surface area contributed by atoms with Crippen molar-refractivity contribution in [1.29, 1.82) is 0 Å². The minimum Gasteiger partial charge on any atom is -0.326 e. The van der Waals surface area contributed by atoms with Crippen molar-refractivity contribution in [3.8, 4) is 0 Å². The SMILES string of the molecule is N[C@H]1CCN(S(=O)(=O)c2cc(Cl)sc2Cl)C1. The molecular weight excluding hydrogens is 291 g/mol. The molecule has 0 aromatic carbocycles. The molecular formula is C8H10Cl2N2O2S2. The largest absolute Gasteiger partial charge is 0.326 e. The summed E-state index contributed by atoms with van der Waals surface area (Å²) >= 11 is 12.6. The molecule has 4 nitrogen and oxygen atoms in total. The van der Waals surface area contributed by atoms with Gasteiger partial charge in [-0.2, -0.15) is 4.31 Å². The minimum absolute atomic E-state index is 0.0817. The van der Waals surface area contributed by atoms with Crippen LogP contribution in [0.5, 0.6) is 0 Å². The summed E-state index contributed by atoms with van der Waals surface area (Å²) in [7, 11) is -3.53. The highest BCUT2D eigenvalue weighted by molar-refractivity contribution is 7.89. The first-order valence-corrected chi connectivity index (χ1v) is 7.63. The lowest BCUT2D eigenvalue weighted by Crippen LogP contribution is -2.31. The Morgan fingerprint density at radius 1 is 1.50 bits per heavy atom. The maximum atomic E-state index is 12.1. The Labute approximate surface area is 108 Å². The fraction of sp³-hybridized carbons (Fsp3) is 0.500. The standard InChI is InChI=1S/C8H10Cl2N2O2S2/c9-7-3-6(8(10)15-7)16(13,14)12-2-1-5(11)4-12/h3,5H,1-2,4,11H2/t5-/m0/s1. The smallest absolute Gasteiger partial charge is 0.245 e. The maximum Gasteiger partial charge on any atom is 0.245 e. The van der Waals surface area contributed by atoms with E-state index in [-0.39, 0.29) is 15.3 Å². The van der Waals surface area contributed by atoms with Crippen molar-refractivity contribution in [1.82, 2.24) is 4.31 Å². The fourth-order valence-corrected chi connectivity index (χ4v) is 5.24. The molecule has 0 radical (unpaired) electrons. The molecule has 0 aliphatic carbocycles. The summed E-state index contributed by atoms with van der Waals surface area (Å²) in [5.74, 6) is 0. The second kappa shape index (κ2) is 4.44. The summed E-state index contributed by atoms with van der Waals surface area (Å²) in [4.78, 5) is 0.0817. The van der Waals surface area contributed by atoms with Crippen molar-refractivity contribution in [2.24, 2.45) is 5.73 Å². The molecule has 0 unspecified atom stereocenters. The highest BCUT2D eigenvalue weighted by atomic mass is 35.5. The van der Waals surface area contributed by atoms with E-state index in [0.29, 0.717) is 23.8 Å². The van der Waals surface area contributed by atoms with Gasteiger partial charge in [-0.15, -0.1) is 11.3 Å². The number of sulfonamides is 1. The van der Waals surface area contributed by atoms with Gasteiger partial charge in [-0.25, -0.2) is 8.42 Å². The minimum atomic E-state index is -3.53. The molecule has 1 atom stereocenters. The average Bonchev–Trinajstić information content (AvgIpc) is 2.73. The van der Waals surface area contributed by atoms with E-state index in [1.807, 2.05) is 0 Å². The van der Waals surface area contributed by atoms with E-state index in [2.05, 4.69) is 0 Å². The normalized spacial score (nSPS) is 22.8. The lowest BCUT2D eigenvalue weighted by molar-refractivity contribution is 0.473. The topological polar surface area (TPSA) is 63.4 Å². The molecule has 1 aromatic rings. The number of thiophene rings is 1. The Morgan fingerprint density at radius 2 is 2.19 bits per heavy atom. The zero-order chi connectivity index (χ0) is 11.9. The predicted octanol–water partition coefficient (Wildman–Crippen LogP) is 1.78. The first kappa shape index (κ1) is 12.6. The van der Waals surface area contributed by atoms with Crippen LogP contribution in [0.3, 0.4) is 0 Å². The van der Waals surface area contributed by atoms with Gasteiger partial charge >= 0.3 is 0 Å². The molecule has 1 aliphatic heterocycles. The highest BCUT2D eigenvalue weighted by Crippen LogP contribution is 2.36. The molecule has 1 saturated heterocycles. The van der Waals surface area contributed by atoms with Crippen molar-refractivity contribution in [2.75, 3.05) is 13.1 Å². The van der Waals surface area contributed by atoms with Gasteiger partial charge in [0.05, 0.1) is 4.34 Å². The van der Waals surface area contributed by atoms with Crippen molar-refractivity contribution < 1.29 is 8.42 Å². The van der Waals surface area contributed by atoms with E-state index in [0.717, 1.165) is 11.3 Å². The van der Waals surface area contributed by atoms with E-state index in [9.17, 15) is 8.42 Å². The lowest BCUT2D eigenvalue weighted by Gasteiger charge is -2.14. The van der Waals surface area contributed by atoms with Gasteiger partial charge in [0, 0.05) is 19.1 Å². The molecule has 90 valence electrons. The molecule has 0 bridgehead atoms. The summed E-state index contributed by atoms with van der Waals surface area (Å²) in [6.07, 6.45) is 0.675. The molecule has 2 rings (SSSR count). The number of hydrogen-bond acceptors (Lipinski definition) is 4. The van der Waals surface area contributed by atoms with E-state index >= 15 is 0 Å². The second-order valence-corrected chi connectivity index (χ2v) is 7.79. The Bertz CT molecular complexity index is 500. The Hall–Kier alpha value is 0.150. The first-order chi connectivity index (χ1) is 7.41. The monoisotopic (exact) mass is 300 g/mol. The van der Waals surface area contributed by atoms with Crippen LogP contribution >= 0.6 is 34.5 Å². The second-order valence-electron chi connectivity index (χ2n) is 3.60. The third-order valence-corrected chi connectivity index (χ3v) is 6.05. The number of nitrogens with two attached hydrogens (primary N) is 1. The first-order valence-electron chi connectivity index (χ1n) is 4.62. The molecule has 2 N–H and O–H groups in total. The molecule has 2 heterocycles. The van der Waals surface area contributed by atoms with Crippen LogP contribution in [0, 0.1) is 0 Å². The number of hydrogen-bond donors (Lipinski definition) is 1. The van der Waals surface area contributed by atoms with Crippen molar-refractivity contribution in [3.63, 3.8) is 0 Å². The van der Waals surface area contributed by atoms with Crippen LogP contribution in [-0.2, 0) is 10.0 Å². The molecule has 1 fully saturated rings.